The van der Waals surface area contributed by atoms with Gasteiger partial charge in [-0.1, -0.05) is 57.6 Å². The zero-order valence-electron chi connectivity index (χ0n) is 21.8. The number of benzene rings is 3. The number of hydrogen-bond acceptors (Lipinski definition) is 6. The second kappa shape index (κ2) is 11.4. The third-order valence-electron chi connectivity index (χ3n) is 6.55. The Kier molecular flexibility index (Phi) is 7.58. The molecule has 2 atom stereocenters. The largest absolute Gasteiger partial charge is 0.507 e. The minimum absolute atomic E-state index is 0.179. The summed E-state index contributed by atoms with van der Waals surface area (Å²) >= 11 is 0. The van der Waals surface area contributed by atoms with E-state index in [4.69, 9.17) is 4.98 Å². The molecule has 0 bridgehead atoms. The van der Waals surface area contributed by atoms with Crippen molar-refractivity contribution < 1.29 is 5.11 Å². The Morgan fingerprint density at radius 2 is 1.92 bits per heavy atom. The van der Waals surface area contributed by atoms with Crippen molar-refractivity contribution in [2.45, 2.75) is 19.4 Å². The van der Waals surface area contributed by atoms with Crippen LogP contribution in [-0.2, 0) is 6.54 Å². The Morgan fingerprint density at radius 1 is 1.10 bits per heavy atom. The third kappa shape index (κ3) is 5.62. The fourth-order valence-electron chi connectivity index (χ4n) is 4.36. The van der Waals surface area contributed by atoms with Gasteiger partial charge in [-0.2, -0.15) is 14.9 Å². The lowest BCUT2D eigenvalue weighted by molar-refractivity contribution is 0.477. The van der Waals surface area contributed by atoms with Crippen LogP contribution in [0.25, 0.3) is 22.6 Å². The van der Waals surface area contributed by atoms with Crippen molar-refractivity contribution in [2.24, 2.45) is 0 Å². The molecule has 5 rings (SSSR count). The quantitative estimate of drug-likeness (QED) is 0.191. The lowest BCUT2D eigenvalue weighted by atomic mass is 9.99. The predicted molar refractivity (Wildman–Crippen MR) is 161 cm³/mol. The van der Waals surface area contributed by atoms with Crippen LogP contribution >= 0.6 is 8.58 Å². The van der Waals surface area contributed by atoms with Crippen LogP contribution in [0.4, 0.5) is 11.5 Å². The molecule has 0 fully saturated rings. The summed E-state index contributed by atoms with van der Waals surface area (Å²) in [6.07, 6.45) is 1.85. The maximum atomic E-state index is 10.4. The molecule has 0 amide bonds. The standard InChI is InChI=1S/C31H29N6OP/c1-20(17-32)23-9-7-10-24(15-23)21(2)35-25-11-6-8-22(14-25)18-33-30-16-27(26-12-4-5-13-28(26)38)36-31-29(39-3)19-34-37(30)31/h4-16,19-20,33,35,38-39H,2,18H2,1,3H3. The van der Waals surface area contributed by atoms with E-state index in [1.807, 2.05) is 72.2 Å². The number of anilines is 2. The van der Waals surface area contributed by atoms with Gasteiger partial charge in [0.25, 0.3) is 0 Å². The number of nitrogens with zero attached hydrogens (tertiary/aromatic N) is 4. The van der Waals surface area contributed by atoms with E-state index in [-0.39, 0.29) is 11.7 Å². The predicted octanol–water partition coefficient (Wildman–Crippen LogP) is 6.36. The Balaban J connectivity index is 1.37. The number of phenols is 1. The summed E-state index contributed by atoms with van der Waals surface area (Å²) in [5.41, 5.74) is 6.79. The third-order valence-corrected chi connectivity index (χ3v) is 7.44. The summed E-state index contributed by atoms with van der Waals surface area (Å²) < 4.78 is 1.81. The van der Waals surface area contributed by atoms with E-state index in [9.17, 15) is 10.4 Å². The maximum absolute atomic E-state index is 10.4. The van der Waals surface area contributed by atoms with Gasteiger partial charge in [0.05, 0.1) is 23.9 Å². The van der Waals surface area contributed by atoms with E-state index in [0.717, 1.165) is 44.8 Å². The van der Waals surface area contributed by atoms with Crippen LogP contribution in [0, 0.1) is 11.3 Å². The van der Waals surface area contributed by atoms with Gasteiger partial charge in [-0.15, -0.1) is 0 Å². The fourth-order valence-corrected chi connectivity index (χ4v) is 4.93. The number of para-hydroxylation sites is 1. The highest BCUT2D eigenvalue weighted by Crippen LogP contribution is 2.30. The molecule has 7 nitrogen and oxygen atoms in total. The topological polar surface area (TPSA) is 98.3 Å². The molecule has 2 aromatic heterocycles. The average molecular weight is 533 g/mol. The van der Waals surface area contributed by atoms with Gasteiger partial charge in [0.2, 0.25) is 0 Å². The van der Waals surface area contributed by atoms with Crippen molar-refractivity contribution in [3.63, 3.8) is 0 Å². The van der Waals surface area contributed by atoms with E-state index < -0.39 is 0 Å². The zero-order valence-corrected chi connectivity index (χ0v) is 22.8. The van der Waals surface area contributed by atoms with Gasteiger partial charge >= 0.3 is 0 Å². The monoisotopic (exact) mass is 532 g/mol. The lowest BCUT2D eigenvalue weighted by Crippen LogP contribution is -2.08. The van der Waals surface area contributed by atoms with Gasteiger partial charge in [0, 0.05) is 34.9 Å². The Labute approximate surface area is 229 Å². The number of rotatable bonds is 9. The molecule has 3 aromatic carbocycles. The molecule has 0 aliphatic carbocycles. The van der Waals surface area contributed by atoms with Crippen molar-refractivity contribution in [2.75, 3.05) is 17.3 Å². The molecular formula is C31H29N6OP. The molecule has 8 heteroatoms. The van der Waals surface area contributed by atoms with Crippen LogP contribution in [0.5, 0.6) is 5.75 Å². The number of aromatic hydroxyl groups is 1. The van der Waals surface area contributed by atoms with Gasteiger partial charge in [-0.05, 0) is 60.6 Å². The van der Waals surface area contributed by atoms with Crippen molar-refractivity contribution in [1.82, 2.24) is 14.6 Å². The molecule has 0 radical (unpaired) electrons. The second-order valence-corrected chi connectivity index (χ2v) is 10.3. The normalized spacial score (nSPS) is 11.9. The van der Waals surface area contributed by atoms with Crippen LogP contribution in [0.1, 0.15) is 29.5 Å². The van der Waals surface area contributed by atoms with E-state index in [1.54, 1.807) is 12.1 Å². The van der Waals surface area contributed by atoms with Gasteiger partial charge in [0.15, 0.2) is 5.65 Å². The summed E-state index contributed by atoms with van der Waals surface area (Å²) in [4.78, 5) is 4.82. The summed E-state index contributed by atoms with van der Waals surface area (Å²) in [5.74, 6) is 0.794. The molecule has 5 aromatic rings. The smallest absolute Gasteiger partial charge is 0.165 e. The number of fused-ring (bicyclic) bond motifs is 1. The first-order valence-corrected chi connectivity index (χ1v) is 14.1. The fraction of sp³-hybridized carbons (Fsp3) is 0.129. The van der Waals surface area contributed by atoms with Crippen LogP contribution in [0.15, 0.2) is 91.6 Å². The molecule has 2 heterocycles. The van der Waals surface area contributed by atoms with E-state index >= 15 is 0 Å². The van der Waals surface area contributed by atoms with E-state index in [2.05, 4.69) is 47.2 Å². The number of nitriles is 1. The summed E-state index contributed by atoms with van der Waals surface area (Å²) in [6, 6.07) is 27.4. The van der Waals surface area contributed by atoms with Crippen LogP contribution in [-0.4, -0.2) is 26.4 Å². The second-order valence-electron chi connectivity index (χ2n) is 9.22. The average Bonchev–Trinajstić information content (AvgIpc) is 3.39. The minimum Gasteiger partial charge on any atom is -0.507 e. The number of aromatic nitrogens is 3. The Hall–Kier alpha value is -4.66. The molecule has 2 unspecified atom stereocenters. The van der Waals surface area contributed by atoms with Crippen molar-refractivity contribution in [3.8, 4) is 23.1 Å². The molecule has 0 aliphatic heterocycles. The highest BCUT2D eigenvalue weighted by atomic mass is 31.1. The molecule has 39 heavy (non-hydrogen) atoms. The molecule has 0 aliphatic rings. The van der Waals surface area contributed by atoms with Crippen molar-refractivity contribution >= 4 is 36.7 Å². The first kappa shape index (κ1) is 26.0. The van der Waals surface area contributed by atoms with Crippen molar-refractivity contribution in [1.29, 1.82) is 5.26 Å². The maximum Gasteiger partial charge on any atom is 0.165 e. The first-order valence-electron chi connectivity index (χ1n) is 12.6. The van der Waals surface area contributed by atoms with Gasteiger partial charge < -0.3 is 15.7 Å². The Morgan fingerprint density at radius 3 is 2.72 bits per heavy atom. The van der Waals surface area contributed by atoms with E-state index in [1.165, 1.54) is 0 Å². The summed E-state index contributed by atoms with van der Waals surface area (Å²) in [6.45, 7) is 8.76. The highest BCUT2D eigenvalue weighted by molar-refractivity contribution is 7.46. The lowest BCUT2D eigenvalue weighted by Gasteiger charge is -2.14. The molecule has 194 valence electrons. The van der Waals surface area contributed by atoms with Crippen LogP contribution in [0.2, 0.25) is 0 Å². The summed E-state index contributed by atoms with van der Waals surface area (Å²) in [5, 5.41) is 32.2. The first-order chi connectivity index (χ1) is 19.0. The Bertz CT molecular complexity index is 1700. The molecule has 3 N–H and O–H groups in total. The van der Waals surface area contributed by atoms with Crippen LogP contribution < -0.4 is 15.9 Å². The van der Waals surface area contributed by atoms with Crippen LogP contribution in [0.3, 0.4) is 0 Å². The number of phenolic OH excluding ortho intramolecular Hbond substituents is 1. The summed E-state index contributed by atoms with van der Waals surface area (Å²) in [7, 11) is 0.543. The van der Waals surface area contributed by atoms with Crippen molar-refractivity contribution in [3.05, 3.63) is 108 Å². The molecule has 0 spiro atoms. The number of hydrogen-bond donors (Lipinski definition) is 3. The zero-order chi connectivity index (χ0) is 27.4. The molecular weight excluding hydrogens is 503 g/mol. The SMILES string of the molecule is C=C(Nc1cccc(CNc2cc(-c3ccccc3O)nc3c(PC)cnn23)c1)c1cccc(C(C)C#N)c1. The highest BCUT2D eigenvalue weighted by Gasteiger charge is 2.14. The van der Waals surface area contributed by atoms with Gasteiger partial charge in [-0.3, -0.25) is 0 Å². The molecule has 0 saturated carbocycles. The van der Waals surface area contributed by atoms with Gasteiger partial charge in [0.1, 0.15) is 11.6 Å². The number of nitrogens with one attached hydrogen (secondary N) is 2. The van der Waals surface area contributed by atoms with Gasteiger partial charge in [-0.25, -0.2) is 4.98 Å². The van der Waals surface area contributed by atoms with E-state index in [0.29, 0.717) is 26.4 Å². The minimum atomic E-state index is -0.179. The molecule has 0 saturated heterocycles.